The third-order valence-electron chi connectivity index (χ3n) is 3.47. The summed E-state index contributed by atoms with van der Waals surface area (Å²) in [7, 11) is 2.11. The first-order valence-electron chi connectivity index (χ1n) is 6.91. The molecular weight excluding hydrogens is 312 g/mol. The topological polar surface area (TPSA) is 29.3 Å². The number of benzene rings is 2. The van der Waals surface area contributed by atoms with Crippen LogP contribution in [-0.4, -0.2) is 7.05 Å². The Morgan fingerprint density at radius 3 is 2.25 bits per heavy atom. The second kappa shape index (κ2) is 6.91. The van der Waals surface area contributed by atoms with E-state index in [0.29, 0.717) is 6.54 Å². The van der Waals surface area contributed by atoms with Crippen molar-refractivity contribution in [2.45, 2.75) is 26.4 Å². The van der Waals surface area contributed by atoms with Crippen LogP contribution in [0.1, 0.15) is 23.6 Å². The lowest BCUT2D eigenvalue weighted by atomic mass is 10.1. The minimum Gasteiger partial charge on any atom is -0.370 e. The van der Waals surface area contributed by atoms with E-state index in [1.165, 1.54) is 16.8 Å². The summed E-state index contributed by atoms with van der Waals surface area (Å²) in [5.41, 5.74) is 10.8. The van der Waals surface area contributed by atoms with Gasteiger partial charge in [0.1, 0.15) is 0 Å². The molecule has 0 unspecified atom stereocenters. The van der Waals surface area contributed by atoms with Gasteiger partial charge in [0.05, 0.1) is 0 Å². The van der Waals surface area contributed by atoms with Crippen LogP contribution in [0.15, 0.2) is 46.9 Å². The lowest BCUT2D eigenvalue weighted by molar-refractivity contribution is 0.916. The fourth-order valence-electron chi connectivity index (χ4n) is 2.22. The SMILES string of the molecule is CCc1ccc(CN(C)c2cc(Br)cc(CN)c2)cc1. The van der Waals surface area contributed by atoms with E-state index in [2.05, 4.69) is 77.3 Å². The predicted molar refractivity (Wildman–Crippen MR) is 90.0 cm³/mol. The van der Waals surface area contributed by atoms with Crippen molar-refractivity contribution in [2.24, 2.45) is 5.73 Å². The van der Waals surface area contributed by atoms with Gasteiger partial charge in [0.25, 0.3) is 0 Å². The summed E-state index contributed by atoms with van der Waals surface area (Å²) in [6, 6.07) is 15.2. The molecule has 0 aliphatic heterocycles. The summed E-state index contributed by atoms with van der Waals surface area (Å²) in [6.45, 7) is 3.63. The van der Waals surface area contributed by atoms with Gasteiger partial charge >= 0.3 is 0 Å². The molecule has 0 aliphatic carbocycles. The zero-order valence-electron chi connectivity index (χ0n) is 12.1. The van der Waals surface area contributed by atoms with E-state index in [0.717, 1.165) is 23.0 Å². The minimum absolute atomic E-state index is 0.561. The number of hydrogen-bond donors (Lipinski definition) is 1. The van der Waals surface area contributed by atoms with Crippen LogP contribution in [-0.2, 0) is 19.5 Å². The van der Waals surface area contributed by atoms with Crippen LogP contribution in [0.5, 0.6) is 0 Å². The number of nitrogens with zero attached hydrogens (tertiary/aromatic N) is 1. The van der Waals surface area contributed by atoms with Crippen molar-refractivity contribution in [1.82, 2.24) is 0 Å². The quantitative estimate of drug-likeness (QED) is 0.892. The Bertz CT molecular complexity index is 564. The van der Waals surface area contributed by atoms with Crippen LogP contribution < -0.4 is 10.6 Å². The highest BCUT2D eigenvalue weighted by atomic mass is 79.9. The van der Waals surface area contributed by atoms with Crippen LogP contribution in [0.3, 0.4) is 0 Å². The van der Waals surface area contributed by atoms with E-state index in [1.54, 1.807) is 0 Å². The molecule has 2 nitrogen and oxygen atoms in total. The Morgan fingerprint density at radius 2 is 1.65 bits per heavy atom. The minimum atomic E-state index is 0.561. The van der Waals surface area contributed by atoms with E-state index in [9.17, 15) is 0 Å². The molecule has 0 aromatic heterocycles. The average molecular weight is 333 g/mol. The Morgan fingerprint density at radius 1 is 1.00 bits per heavy atom. The number of anilines is 1. The second-order valence-corrected chi connectivity index (χ2v) is 5.96. The summed E-state index contributed by atoms with van der Waals surface area (Å²) in [5.74, 6) is 0. The van der Waals surface area contributed by atoms with E-state index < -0.39 is 0 Å². The fourth-order valence-corrected chi connectivity index (χ4v) is 2.75. The monoisotopic (exact) mass is 332 g/mol. The van der Waals surface area contributed by atoms with Crippen molar-refractivity contribution < 1.29 is 0 Å². The highest BCUT2D eigenvalue weighted by Crippen LogP contribution is 2.23. The molecule has 0 saturated heterocycles. The van der Waals surface area contributed by atoms with Gasteiger partial charge in [-0.25, -0.2) is 0 Å². The normalized spacial score (nSPS) is 10.6. The van der Waals surface area contributed by atoms with Gasteiger partial charge in [-0.05, 0) is 41.3 Å². The molecule has 2 rings (SSSR count). The van der Waals surface area contributed by atoms with Crippen molar-refractivity contribution in [2.75, 3.05) is 11.9 Å². The molecule has 0 aliphatic rings. The molecule has 0 bridgehead atoms. The summed E-state index contributed by atoms with van der Waals surface area (Å²) in [6.07, 6.45) is 1.08. The van der Waals surface area contributed by atoms with E-state index in [-0.39, 0.29) is 0 Å². The third-order valence-corrected chi connectivity index (χ3v) is 3.93. The van der Waals surface area contributed by atoms with Crippen LogP contribution in [0, 0.1) is 0 Å². The Kier molecular flexibility index (Phi) is 5.21. The molecule has 2 aromatic rings. The Hall–Kier alpha value is -1.32. The Labute approximate surface area is 129 Å². The molecule has 0 spiro atoms. The molecule has 0 fully saturated rings. The van der Waals surface area contributed by atoms with Gasteiger partial charge in [0, 0.05) is 30.3 Å². The predicted octanol–water partition coefficient (Wildman–Crippen LogP) is 4.11. The maximum Gasteiger partial charge on any atom is 0.0426 e. The first-order chi connectivity index (χ1) is 9.62. The molecule has 0 heterocycles. The molecule has 0 saturated carbocycles. The molecular formula is C17H21BrN2. The summed E-state index contributed by atoms with van der Waals surface area (Å²) >= 11 is 3.54. The van der Waals surface area contributed by atoms with Crippen molar-refractivity contribution in [3.8, 4) is 0 Å². The molecule has 20 heavy (non-hydrogen) atoms. The van der Waals surface area contributed by atoms with Crippen LogP contribution in [0.4, 0.5) is 5.69 Å². The number of rotatable bonds is 5. The fraction of sp³-hybridized carbons (Fsp3) is 0.294. The molecule has 0 radical (unpaired) electrons. The summed E-state index contributed by atoms with van der Waals surface area (Å²) < 4.78 is 1.07. The van der Waals surface area contributed by atoms with Crippen molar-refractivity contribution in [1.29, 1.82) is 0 Å². The molecule has 0 amide bonds. The van der Waals surface area contributed by atoms with Crippen LogP contribution >= 0.6 is 15.9 Å². The maximum absolute atomic E-state index is 5.73. The van der Waals surface area contributed by atoms with Gasteiger partial charge < -0.3 is 10.6 Å². The zero-order chi connectivity index (χ0) is 14.5. The van der Waals surface area contributed by atoms with E-state index in [4.69, 9.17) is 5.73 Å². The molecule has 106 valence electrons. The lowest BCUT2D eigenvalue weighted by Crippen LogP contribution is -2.16. The van der Waals surface area contributed by atoms with Gasteiger partial charge in [-0.3, -0.25) is 0 Å². The third kappa shape index (κ3) is 3.84. The standard InChI is InChI=1S/C17H21BrN2/c1-3-13-4-6-14(7-5-13)12-20(2)17-9-15(11-19)8-16(18)10-17/h4-10H,3,11-12,19H2,1-2H3. The van der Waals surface area contributed by atoms with Gasteiger partial charge in [-0.1, -0.05) is 47.1 Å². The smallest absolute Gasteiger partial charge is 0.0426 e. The van der Waals surface area contributed by atoms with Crippen LogP contribution in [0.2, 0.25) is 0 Å². The number of hydrogen-bond acceptors (Lipinski definition) is 2. The van der Waals surface area contributed by atoms with Crippen LogP contribution in [0.25, 0.3) is 0 Å². The molecule has 0 atom stereocenters. The second-order valence-electron chi connectivity index (χ2n) is 5.05. The van der Waals surface area contributed by atoms with Gasteiger partial charge in [-0.15, -0.1) is 0 Å². The lowest BCUT2D eigenvalue weighted by Gasteiger charge is -2.21. The summed E-state index contributed by atoms with van der Waals surface area (Å²) in [4.78, 5) is 2.24. The van der Waals surface area contributed by atoms with E-state index in [1.807, 2.05) is 0 Å². The highest BCUT2D eigenvalue weighted by Gasteiger charge is 2.05. The molecule has 3 heteroatoms. The van der Waals surface area contributed by atoms with Gasteiger partial charge in [-0.2, -0.15) is 0 Å². The Balaban J connectivity index is 2.14. The van der Waals surface area contributed by atoms with E-state index >= 15 is 0 Å². The van der Waals surface area contributed by atoms with Crippen molar-refractivity contribution >= 4 is 21.6 Å². The largest absolute Gasteiger partial charge is 0.370 e. The molecule has 2 N–H and O–H groups in total. The van der Waals surface area contributed by atoms with Gasteiger partial charge in [0.15, 0.2) is 0 Å². The highest BCUT2D eigenvalue weighted by molar-refractivity contribution is 9.10. The average Bonchev–Trinajstić information content (AvgIpc) is 2.47. The number of aryl methyl sites for hydroxylation is 1. The zero-order valence-corrected chi connectivity index (χ0v) is 13.7. The van der Waals surface area contributed by atoms with Crippen molar-refractivity contribution in [3.63, 3.8) is 0 Å². The summed E-state index contributed by atoms with van der Waals surface area (Å²) in [5, 5.41) is 0. The molecule has 2 aromatic carbocycles. The first-order valence-corrected chi connectivity index (χ1v) is 7.70. The number of halogens is 1. The van der Waals surface area contributed by atoms with Crippen molar-refractivity contribution in [3.05, 3.63) is 63.6 Å². The maximum atomic E-state index is 5.73. The van der Waals surface area contributed by atoms with Gasteiger partial charge in [0.2, 0.25) is 0 Å². The number of nitrogens with two attached hydrogens (primary N) is 1. The first kappa shape index (κ1) is 15.1.